The van der Waals surface area contributed by atoms with E-state index in [1.54, 1.807) is 23.4 Å². The summed E-state index contributed by atoms with van der Waals surface area (Å²) < 4.78 is 12.2. The maximum atomic E-state index is 12.3. The molecule has 1 amide bonds. The van der Waals surface area contributed by atoms with Gasteiger partial charge in [0.25, 0.3) is 5.91 Å². The van der Waals surface area contributed by atoms with E-state index >= 15 is 0 Å². The molecule has 0 radical (unpaired) electrons. The normalized spacial score (nSPS) is 26.5. The molecule has 0 unspecified atom stereocenters. The molecule has 1 aromatic heterocycles. The van der Waals surface area contributed by atoms with Gasteiger partial charge in [-0.3, -0.25) is 4.79 Å². The van der Waals surface area contributed by atoms with Crippen LogP contribution in [0.3, 0.4) is 0 Å². The van der Waals surface area contributed by atoms with E-state index in [1.165, 1.54) is 25.7 Å². The van der Waals surface area contributed by atoms with Crippen LogP contribution < -0.4 is 0 Å². The van der Waals surface area contributed by atoms with E-state index in [-0.39, 0.29) is 23.4 Å². The molecule has 1 spiro atoms. The highest BCUT2D eigenvalue weighted by atomic mass is 16.5. The lowest BCUT2D eigenvalue weighted by molar-refractivity contribution is -0.187. The molecule has 24 heavy (non-hydrogen) atoms. The SMILES string of the molecule is O=C(c1ncccn1)N1CC2(C[C@H](OCC3CCCC3)CCO2)C1. The second kappa shape index (κ2) is 6.76. The van der Waals surface area contributed by atoms with Crippen molar-refractivity contribution in [3.05, 3.63) is 24.3 Å². The molecule has 2 saturated heterocycles. The van der Waals surface area contributed by atoms with Gasteiger partial charge >= 0.3 is 0 Å². The van der Waals surface area contributed by atoms with Crippen molar-refractivity contribution in [2.75, 3.05) is 26.3 Å². The summed E-state index contributed by atoms with van der Waals surface area (Å²) in [6, 6.07) is 1.71. The number of carbonyl (C=O) groups excluding carboxylic acids is 1. The van der Waals surface area contributed by atoms with E-state index in [4.69, 9.17) is 9.47 Å². The third-order valence-corrected chi connectivity index (χ3v) is 5.49. The number of carbonyl (C=O) groups is 1. The van der Waals surface area contributed by atoms with Crippen molar-refractivity contribution in [3.63, 3.8) is 0 Å². The number of hydrogen-bond donors (Lipinski definition) is 0. The zero-order chi connectivity index (χ0) is 16.4. The minimum Gasteiger partial charge on any atom is -0.378 e. The summed E-state index contributed by atoms with van der Waals surface area (Å²) in [6.07, 6.45) is 10.6. The van der Waals surface area contributed by atoms with Crippen LogP contribution in [-0.4, -0.2) is 58.8 Å². The van der Waals surface area contributed by atoms with Crippen LogP contribution in [0.4, 0.5) is 0 Å². The molecule has 130 valence electrons. The van der Waals surface area contributed by atoms with Crippen LogP contribution in [0.2, 0.25) is 0 Å². The average Bonchev–Trinajstić information content (AvgIpc) is 3.12. The molecule has 1 aromatic rings. The quantitative estimate of drug-likeness (QED) is 0.845. The Kier molecular flexibility index (Phi) is 4.50. The topological polar surface area (TPSA) is 64.6 Å². The van der Waals surface area contributed by atoms with Crippen molar-refractivity contribution in [1.29, 1.82) is 0 Å². The molecule has 4 rings (SSSR count). The Morgan fingerprint density at radius 3 is 2.75 bits per heavy atom. The molecule has 3 fully saturated rings. The summed E-state index contributed by atoms with van der Waals surface area (Å²) in [7, 11) is 0. The number of nitrogens with zero attached hydrogens (tertiary/aromatic N) is 3. The molecule has 3 heterocycles. The van der Waals surface area contributed by atoms with Crippen LogP contribution in [0, 0.1) is 5.92 Å². The van der Waals surface area contributed by atoms with E-state index in [1.807, 2.05) is 0 Å². The molecule has 6 nitrogen and oxygen atoms in total. The first-order valence-corrected chi connectivity index (χ1v) is 9.06. The maximum absolute atomic E-state index is 12.3. The standard InChI is InChI=1S/C18H25N3O3/c22-17(16-19-7-3-8-20-16)21-12-18(13-21)10-15(6-9-24-18)23-11-14-4-1-2-5-14/h3,7-8,14-15H,1-2,4-6,9-13H2/t15-/m1/s1. The van der Waals surface area contributed by atoms with Gasteiger partial charge in [-0.1, -0.05) is 12.8 Å². The average molecular weight is 331 g/mol. The van der Waals surface area contributed by atoms with Crippen molar-refractivity contribution in [1.82, 2.24) is 14.9 Å². The molecule has 0 bridgehead atoms. The number of likely N-dealkylation sites (tertiary alicyclic amines) is 1. The molecule has 1 aliphatic carbocycles. The third kappa shape index (κ3) is 3.30. The van der Waals surface area contributed by atoms with Crippen molar-refractivity contribution in [2.24, 2.45) is 5.92 Å². The van der Waals surface area contributed by atoms with Crippen molar-refractivity contribution >= 4 is 5.91 Å². The Bertz CT molecular complexity index is 568. The Balaban J connectivity index is 1.28. The maximum Gasteiger partial charge on any atom is 0.291 e. The minimum atomic E-state index is -0.219. The van der Waals surface area contributed by atoms with Gasteiger partial charge in [0.15, 0.2) is 0 Å². The molecule has 6 heteroatoms. The Labute approximate surface area is 142 Å². The third-order valence-electron chi connectivity index (χ3n) is 5.49. The molecule has 2 aliphatic heterocycles. The Morgan fingerprint density at radius 1 is 1.25 bits per heavy atom. The summed E-state index contributed by atoms with van der Waals surface area (Å²) in [4.78, 5) is 22.2. The van der Waals surface area contributed by atoms with Crippen LogP contribution in [-0.2, 0) is 9.47 Å². The van der Waals surface area contributed by atoms with Gasteiger partial charge in [-0.05, 0) is 31.2 Å². The summed E-state index contributed by atoms with van der Waals surface area (Å²) in [5, 5.41) is 0. The van der Waals surface area contributed by atoms with E-state index in [2.05, 4.69) is 9.97 Å². The minimum absolute atomic E-state index is 0.112. The fourth-order valence-corrected chi connectivity index (χ4v) is 4.14. The summed E-state index contributed by atoms with van der Waals surface area (Å²) in [5.74, 6) is 0.898. The van der Waals surface area contributed by atoms with E-state index < -0.39 is 0 Å². The fraction of sp³-hybridized carbons (Fsp3) is 0.722. The number of amides is 1. The highest BCUT2D eigenvalue weighted by molar-refractivity contribution is 5.91. The smallest absolute Gasteiger partial charge is 0.291 e. The largest absolute Gasteiger partial charge is 0.378 e. The lowest BCUT2D eigenvalue weighted by atomic mass is 9.84. The first-order valence-electron chi connectivity index (χ1n) is 9.06. The van der Waals surface area contributed by atoms with Gasteiger partial charge in [0, 0.05) is 32.0 Å². The van der Waals surface area contributed by atoms with E-state index in [0.29, 0.717) is 13.1 Å². The molecule has 0 N–H and O–H groups in total. The molecule has 3 aliphatic rings. The second-order valence-corrected chi connectivity index (χ2v) is 7.36. The predicted octanol–water partition coefficient (Wildman–Crippen LogP) is 2.06. The van der Waals surface area contributed by atoms with Gasteiger partial charge in [-0.25, -0.2) is 9.97 Å². The predicted molar refractivity (Wildman–Crippen MR) is 87.6 cm³/mol. The summed E-state index contributed by atoms with van der Waals surface area (Å²) >= 11 is 0. The molecule has 1 atom stereocenters. The van der Waals surface area contributed by atoms with Crippen LogP contribution >= 0.6 is 0 Å². The van der Waals surface area contributed by atoms with E-state index in [9.17, 15) is 4.79 Å². The zero-order valence-corrected chi connectivity index (χ0v) is 14.0. The monoisotopic (exact) mass is 331 g/mol. The van der Waals surface area contributed by atoms with Crippen LogP contribution in [0.5, 0.6) is 0 Å². The number of hydrogen-bond acceptors (Lipinski definition) is 5. The molecule has 0 aromatic carbocycles. The summed E-state index contributed by atoms with van der Waals surface area (Å²) in [6.45, 7) is 2.85. The van der Waals surface area contributed by atoms with Crippen molar-refractivity contribution in [3.8, 4) is 0 Å². The highest BCUT2D eigenvalue weighted by Gasteiger charge is 2.50. The van der Waals surface area contributed by atoms with Crippen LogP contribution in [0.25, 0.3) is 0 Å². The van der Waals surface area contributed by atoms with Crippen molar-refractivity contribution in [2.45, 2.75) is 50.2 Å². The van der Waals surface area contributed by atoms with Gasteiger partial charge in [-0.15, -0.1) is 0 Å². The van der Waals surface area contributed by atoms with Crippen LogP contribution in [0.15, 0.2) is 18.5 Å². The molecular weight excluding hydrogens is 306 g/mol. The number of rotatable bonds is 4. The highest BCUT2D eigenvalue weighted by Crippen LogP contribution is 2.36. The number of ether oxygens (including phenoxy) is 2. The lowest BCUT2D eigenvalue weighted by Gasteiger charge is -2.52. The van der Waals surface area contributed by atoms with Gasteiger partial charge < -0.3 is 14.4 Å². The lowest BCUT2D eigenvalue weighted by Crippen LogP contribution is -2.67. The van der Waals surface area contributed by atoms with E-state index in [0.717, 1.165) is 32.0 Å². The first kappa shape index (κ1) is 16.0. The fourth-order valence-electron chi connectivity index (χ4n) is 4.14. The Morgan fingerprint density at radius 2 is 2.00 bits per heavy atom. The Hall–Kier alpha value is -1.53. The zero-order valence-electron chi connectivity index (χ0n) is 14.0. The first-order chi connectivity index (χ1) is 11.7. The van der Waals surface area contributed by atoms with Crippen LogP contribution in [0.1, 0.15) is 49.1 Å². The summed E-state index contributed by atoms with van der Waals surface area (Å²) in [5.41, 5.74) is -0.219. The van der Waals surface area contributed by atoms with Crippen molar-refractivity contribution < 1.29 is 14.3 Å². The van der Waals surface area contributed by atoms with Gasteiger partial charge in [0.2, 0.25) is 5.82 Å². The molecule has 1 saturated carbocycles. The molecular formula is C18H25N3O3. The van der Waals surface area contributed by atoms with Gasteiger partial charge in [0.05, 0.1) is 19.2 Å². The van der Waals surface area contributed by atoms with Gasteiger partial charge in [0.1, 0.15) is 5.60 Å². The van der Waals surface area contributed by atoms with Gasteiger partial charge in [-0.2, -0.15) is 0 Å². The number of aromatic nitrogens is 2. The second-order valence-electron chi connectivity index (χ2n) is 7.36.